The van der Waals surface area contributed by atoms with Gasteiger partial charge in [-0.05, 0) is 18.3 Å². The van der Waals surface area contributed by atoms with Crippen molar-refractivity contribution in [1.82, 2.24) is 15.1 Å². The molecular formula is C15H28N4O2. The predicted octanol–water partition coefficient (Wildman–Crippen LogP) is 2.24. The number of rotatable bonds is 7. The molecule has 0 fully saturated rings. The fraction of sp³-hybridized carbons (Fsp3) is 0.733. The predicted molar refractivity (Wildman–Crippen MR) is 84.3 cm³/mol. The molecule has 1 atom stereocenters. The number of aliphatic hydroxyl groups is 1. The number of nitrogens with one attached hydrogen (secondary N) is 2. The molecule has 21 heavy (non-hydrogen) atoms. The number of aromatic nitrogens is 2. The van der Waals surface area contributed by atoms with E-state index in [2.05, 4.69) is 29.6 Å². The first-order valence-corrected chi connectivity index (χ1v) is 7.62. The van der Waals surface area contributed by atoms with E-state index in [1.165, 1.54) is 0 Å². The quantitative estimate of drug-likeness (QED) is 0.722. The van der Waals surface area contributed by atoms with Crippen molar-refractivity contribution >= 4 is 11.7 Å². The van der Waals surface area contributed by atoms with Crippen molar-refractivity contribution in [3.8, 4) is 0 Å². The molecule has 1 heterocycles. The van der Waals surface area contributed by atoms with E-state index in [1.807, 2.05) is 25.5 Å². The smallest absolute Gasteiger partial charge is 0.319 e. The van der Waals surface area contributed by atoms with Crippen LogP contribution < -0.4 is 10.6 Å². The fourth-order valence-electron chi connectivity index (χ4n) is 1.99. The first-order chi connectivity index (χ1) is 9.85. The van der Waals surface area contributed by atoms with E-state index in [9.17, 15) is 9.90 Å². The molecule has 0 bridgehead atoms. The third-order valence-corrected chi connectivity index (χ3v) is 3.31. The van der Waals surface area contributed by atoms with Crippen molar-refractivity contribution in [1.29, 1.82) is 0 Å². The third-order valence-electron chi connectivity index (χ3n) is 3.31. The molecule has 1 aromatic heterocycles. The Balaban J connectivity index is 2.62. The molecule has 0 radical (unpaired) electrons. The molecule has 6 nitrogen and oxygen atoms in total. The summed E-state index contributed by atoms with van der Waals surface area (Å²) in [6.45, 7) is 11.2. The van der Waals surface area contributed by atoms with Crippen LogP contribution in [0.15, 0.2) is 6.20 Å². The van der Waals surface area contributed by atoms with Gasteiger partial charge in [-0.25, -0.2) is 4.79 Å². The highest BCUT2D eigenvalue weighted by molar-refractivity contribution is 5.89. The largest absolute Gasteiger partial charge is 0.391 e. The van der Waals surface area contributed by atoms with Crippen LogP contribution in [0.2, 0.25) is 0 Å². The van der Waals surface area contributed by atoms with Crippen LogP contribution in [-0.2, 0) is 13.0 Å². The van der Waals surface area contributed by atoms with E-state index in [0.29, 0.717) is 5.92 Å². The molecule has 3 N–H and O–H groups in total. The highest BCUT2D eigenvalue weighted by atomic mass is 16.3. The third kappa shape index (κ3) is 5.38. The lowest BCUT2D eigenvalue weighted by Crippen LogP contribution is -2.37. The zero-order chi connectivity index (χ0) is 16.0. The van der Waals surface area contributed by atoms with Crippen LogP contribution >= 0.6 is 0 Å². The summed E-state index contributed by atoms with van der Waals surface area (Å²) in [5, 5.41) is 19.5. The van der Waals surface area contributed by atoms with Crippen LogP contribution in [0.5, 0.6) is 0 Å². The number of carbonyl (C=O) groups excluding carboxylic acids is 1. The maximum Gasteiger partial charge on any atom is 0.319 e. The molecule has 0 saturated carbocycles. The minimum Gasteiger partial charge on any atom is -0.391 e. The van der Waals surface area contributed by atoms with E-state index in [1.54, 1.807) is 6.20 Å². The summed E-state index contributed by atoms with van der Waals surface area (Å²) in [6, 6.07) is -0.312. The second-order valence-electron chi connectivity index (χ2n) is 6.08. The Morgan fingerprint density at radius 1 is 1.38 bits per heavy atom. The Kier molecular flexibility index (Phi) is 6.68. The standard InChI is InChI=1S/C15H28N4O2/c1-6-13-12(7-17-19(13)9-10(2)3)18-15(21)16-8-14(20)11(4)5/h7,10-11,14,20H,6,8-9H2,1-5H3,(H2,16,18,21). The molecule has 1 aromatic rings. The highest BCUT2D eigenvalue weighted by Crippen LogP contribution is 2.17. The van der Waals surface area contributed by atoms with Gasteiger partial charge in [0.15, 0.2) is 0 Å². The normalized spacial score (nSPS) is 12.8. The van der Waals surface area contributed by atoms with Gasteiger partial charge in [-0.15, -0.1) is 0 Å². The average molecular weight is 296 g/mol. The van der Waals surface area contributed by atoms with Gasteiger partial charge in [-0.2, -0.15) is 5.10 Å². The van der Waals surface area contributed by atoms with Gasteiger partial charge in [-0.3, -0.25) is 4.68 Å². The van der Waals surface area contributed by atoms with E-state index in [-0.39, 0.29) is 18.5 Å². The second-order valence-corrected chi connectivity index (χ2v) is 6.08. The first-order valence-electron chi connectivity index (χ1n) is 7.62. The highest BCUT2D eigenvalue weighted by Gasteiger charge is 2.14. The summed E-state index contributed by atoms with van der Waals surface area (Å²) in [6.07, 6.45) is 1.95. The Morgan fingerprint density at radius 2 is 2.05 bits per heavy atom. The van der Waals surface area contributed by atoms with Crippen LogP contribution in [0, 0.1) is 11.8 Å². The van der Waals surface area contributed by atoms with Gasteiger partial charge in [0.1, 0.15) is 0 Å². The van der Waals surface area contributed by atoms with E-state index in [0.717, 1.165) is 24.3 Å². The summed E-state index contributed by atoms with van der Waals surface area (Å²) >= 11 is 0. The lowest BCUT2D eigenvalue weighted by atomic mass is 10.1. The molecule has 0 aliphatic carbocycles. The summed E-state index contributed by atoms with van der Waals surface area (Å²) < 4.78 is 1.93. The number of aliphatic hydroxyl groups excluding tert-OH is 1. The number of nitrogens with zero attached hydrogens (tertiary/aromatic N) is 2. The molecule has 0 aromatic carbocycles. The molecule has 0 aliphatic rings. The number of hydrogen-bond acceptors (Lipinski definition) is 3. The molecule has 1 rings (SSSR count). The Hall–Kier alpha value is -1.56. The second kappa shape index (κ2) is 8.02. The maximum atomic E-state index is 11.9. The van der Waals surface area contributed by atoms with Crippen molar-refractivity contribution in [2.75, 3.05) is 11.9 Å². The molecule has 2 amide bonds. The average Bonchev–Trinajstić information content (AvgIpc) is 2.76. The fourth-order valence-corrected chi connectivity index (χ4v) is 1.99. The van der Waals surface area contributed by atoms with E-state index >= 15 is 0 Å². The number of amides is 2. The summed E-state index contributed by atoms with van der Waals surface area (Å²) in [7, 11) is 0. The van der Waals surface area contributed by atoms with Crippen LogP contribution in [0.3, 0.4) is 0 Å². The topological polar surface area (TPSA) is 79.2 Å². The summed E-state index contributed by atoms with van der Waals surface area (Å²) in [4.78, 5) is 11.9. The van der Waals surface area contributed by atoms with Gasteiger partial charge >= 0.3 is 6.03 Å². The van der Waals surface area contributed by atoms with E-state index < -0.39 is 6.10 Å². The minimum atomic E-state index is -0.537. The zero-order valence-electron chi connectivity index (χ0n) is 13.7. The number of urea groups is 1. The minimum absolute atomic E-state index is 0.116. The van der Waals surface area contributed by atoms with Gasteiger partial charge in [0, 0.05) is 13.1 Å². The molecule has 1 unspecified atom stereocenters. The van der Waals surface area contributed by atoms with Gasteiger partial charge in [0.2, 0.25) is 0 Å². The molecule has 6 heteroatoms. The molecule has 120 valence electrons. The lowest BCUT2D eigenvalue weighted by molar-refractivity contribution is 0.126. The van der Waals surface area contributed by atoms with Gasteiger partial charge < -0.3 is 15.7 Å². The first kappa shape index (κ1) is 17.5. The Morgan fingerprint density at radius 3 is 2.57 bits per heavy atom. The van der Waals surface area contributed by atoms with Crippen LogP contribution in [0.1, 0.15) is 40.3 Å². The van der Waals surface area contributed by atoms with Crippen molar-refractivity contribution in [3.05, 3.63) is 11.9 Å². The Bertz CT molecular complexity index is 455. The van der Waals surface area contributed by atoms with Gasteiger partial charge in [0.05, 0.1) is 23.7 Å². The Labute approximate surface area is 126 Å². The maximum absolute atomic E-state index is 11.9. The van der Waals surface area contributed by atoms with Gasteiger partial charge in [0.25, 0.3) is 0 Å². The van der Waals surface area contributed by atoms with E-state index in [4.69, 9.17) is 0 Å². The van der Waals surface area contributed by atoms with Crippen molar-refractivity contribution in [3.63, 3.8) is 0 Å². The van der Waals surface area contributed by atoms with Crippen molar-refractivity contribution < 1.29 is 9.90 Å². The van der Waals surface area contributed by atoms with Crippen LogP contribution in [0.4, 0.5) is 10.5 Å². The summed E-state index contributed by atoms with van der Waals surface area (Å²) in [5.41, 5.74) is 1.75. The van der Waals surface area contributed by atoms with Gasteiger partial charge in [-0.1, -0.05) is 34.6 Å². The molecule has 0 aliphatic heterocycles. The zero-order valence-corrected chi connectivity index (χ0v) is 13.7. The van der Waals surface area contributed by atoms with Crippen molar-refractivity contribution in [2.45, 2.75) is 53.7 Å². The van der Waals surface area contributed by atoms with Crippen LogP contribution in [0.25, 0.3) is 0 Å². The summed E-state index contributed by atoms with van der Waals surface area (Å²) in [5.74, 6) is 0.614. The number of anilines is 1. The lowest BCUT2D eigenvalue weighted by Gasteiger charge is -2.15. The molecule has 0 spiro atoms. The van der Waals surface area contributed by atoms with Crippen molar-refractivity contribution in [2.24, 2.45) is 11.8 Å². The van der Waals surface area contributed by atoms with Crippen LogP contribution in [-0.4, -0.2) is 33.6 Å². The molecular weight excluding hydrogens is 268 g/mol. The SMILES string of the molecule is CCc1c(NC(=O)NCC(O)C(C)C)cnn1CC(C)C. The monoisotopic (exact) mass is 296 g/mol. The molecule has 0 saturated heterocycles. The number of hydrogen-bond donors (Lipinski definition) is 3. The number of carbonyl (C=O) groups is 1.